The van der Waals surface area contributed by atoms with Gasteiger partial charge in [-0.1, -0.05) is 35.9 Å². The Hall–Kier alpha value is -2.30. The molecule has 0 spiro atoms. The number of carbonyl (C=O) groups is 1. The Labute approximate surface area is 176 Å². The van der Waals surface area contributed by atoms with E-state index in [1.165, 1.54) is 0 Å². The fourth-order valence-corrected chi connectivity index (χ4v) is 4.06. The summed E-state index contributed by atoms with van der Waals surface area (Å²) in [5.41, 5.74) is 4.95. The smallest absolute Gasteiger partial charge is 0.290 e. The lowest BCUT2D eigenvalue weighted by Crippen LogP contribution is -2.37. The summed E-state index contributed by atoms with van der Waals surface area (Å²) in [5.74, 6) is 0.321. The highest BCUT2D eigenvalue weighted by atomic mass is 35.5. The Morgan fingerprint density at radius 3 is 2.55 bits per heavy atom. The van der Waals surface area contributed by atoms with Crippen molar-refractivity contribution >= 4 is 28.5 Å². The summed E-state index contributed by atoms with van der Waals surface area (Å²) in [5, 5.41) is 1.68. The standard InChI is InChI=1S/C24H26ClNO3/c1-15-6-11-21-17(3)23(29-22(21)16(15)2)24(27)26(14-20-5-4-12-28-20)13-18-7-9-19(25)10-8-18/h6-11,20H,4-5,12-14H2,1-3H3. The molecule has 4 nitrogen and oxygen atoms in total. The molecule has 0 radical (unpaired) electrons. The number of benzene rings is 2. The second-order valence-electron chi connectivity index (χ2n) is 7.89. The average Bonchev–Trinajstić information content (AvgIpc) is 3.34. The van der Waals surface area contributed by atoms with Crippen LogP contribution in [0.2, 0.25) is 5.02 Å². The van der Waals surface area contributed by atoms with Gasteiger partial charge in [-0.25, -0.2) is 0 Å². The summed E-state index contributed by atoms with van der Waals surface area (Å²) in [6, 6.07) is 11.7. The van der Waals surface area contributed by atoms with Crippen LogP contribution in [-0.2, 0) is 11.3 Å². The molecular formula is C24H26ClNO3. The molecule has 152 valence electrons. The van der Waals surface area contributed by atoms with Crippen LogP contribution in [0.4, 0.5) is 0 Å². The fraction of sp³-hybridized carbons (Fsp3) is 0.375. The van der Waals surface area contributed by atoms with Gasteiger partial charge in [0.05, 0.1) is 6.10 Å². The second kappa shape index (κ2) is 8.21. The molecule has 1 aromatic heterocycles. The number of halogens is 1. The number of nitrogens with zero attached hydrogens (tertiary/aromatic N) is 1. The normalized spacial score (nSPS) is 16.5. The van der Waals surface area contributed by atoms with Gasteiger partial charge >= 0.3 is 0 Å². The lowest BCUT2D eigenvalue weighted by Gasteiger charge is -2.25. The van der Waals surface area contributed by atoms with E-state index in [0.29, 0.717) is 23.9 Å². The molecule has 1 amide bonds. The van der Waals surface area contributed by atoms with Crippen molar-refractivity contribution in [2.45, 2.75) is 46.3 Å². The van der Waals surface area contributed by atoms with Crippen LogP contribution in [0.5, 0.6) is 0 Å². The zero-order valence-electron chi connectivity index (χ0n) is 17.1. The van der Waals surface area contributed by atoms with Crippen LogP contribution < -0.4 is 0 Å². The minimum atomic E-state index is -0.0961. The predicted octanol–water partition coefficient (Wildman–Crippen LogP) is 5.83. The Morgan fingerprint density at radius 2 is 1.86 bits per heavy atom. The van der Waals surface area contributed by atoms with E-state index >= 15 is 0 Å². The molecule has 0 N–H and O–H groups in total. The summed E-state index contributed by atoms with van der Waals surface area (Å²) >= 11 is 6.02. The molecule has 2 aromatic carbocycles. The first-order valence-corrected chi connectivity index (χ1v) is 10.5. The van der Waals surface area contributed by atoms with Gasteiger partial charge < -0.3 is 14.1 Å². The van der Waals surface area contributed by atoms with Crippen molar-refractivity contribution in [1.82, 2.24) is 4.90 Å². The van der Waals surface area contributed by atoms with Gasteiger partial charge in [0.2, 0.25) is 0 Å². The molecule has 3 aromatic rings. The Kier molecular flexibility index (Phi) is 5.66. The van der Waals surface area contributed by atoms with Gasteiger partial charge in [0.1, 0.15) is 5.58 Å². The molecule has 0 aliphatic carbocycles. The number of rotatable bonds is 5. The molecule has 1 saturated heterocycles. The molecule has 1 aliphatic heterocycles. The van der Waals surface area contributed by atoms with E-state index in [1.54, 1.807) is 0 Å². The zero-order valence-corrected chi connectivity index (χ0v) is 17.9. The summed E-state index contributed by atoms with van der Waals surface area (Å²) in [7, 11) is 0. The van der Waals surface area contributed by atoms with E-state index in [4.69, 9.17) is 20.8 Å². The van der Waals surface area contributed by atoms with E-state index in [2.05, 4.69) is 13.0 Å². The van der Waals surface area contributed by atoms with Gasteiger partial charge in [0.25, 0.3) is 5.91 Å². The number of hydrogen-bond donors (Lipinski definition) is 0. The van der Waals surface area contributed by atoms with E-state index in [1.807, 2.05) is 49.1 Å². The molecule has 5 heteroatoms. The Balaban J connectivity index is 1.68. The zero-order chi connectivity index (χ0) is 20.5. The van der Waals surface area contributed by atoms with Gasteiger partial charge in [0, 0.05) is 35.7 Å². The third-order valence-electron chi connectivity index (χ3n) is 5.84. The Morgan fingerprint density at radius 1 is 1.10 bits per heavy atom. The molecule has 2 heterocycles. The van der Waals surface area contributed by atoms with Crippen LogP contribution in [0.15, 0.2) is 40.8 Å². The lowest BCUT2D eigenvalue weighted by atomic mass is 10.0. The highest BCUT2D eigenvalue weighted by molar-refractivity contribution is 6.30. The second-order valence-corrected chi connectivity index (χ2v) is 8.32. The molecule has 1 aliphatic rings. The summed E-state index contributed by atoms with van der Waals surface area (Å²) < 4.78 is 11.9. The number of amides is 1. The monoisotopic (exact) mass is 411 g/mol. The van der Waals surface area contributed by atoms with Crippen LogP contribution in [0.1, 0.15) is 45.7 Å². The summed E-state index contributed by atoms with van der Waals surface area (Å²) in [4.78, 5) is 15.4. The quantitative estimate of drug-likeness (QED) is 0.530. The third-order valence-corrected chi connectivity index (χ3v) is 6.09. The molecule has 1 unspecified atom stereocenters. The number of fused-ring (bicyclic) bond motifs is 1. The van der Waals surface area contributed by atoms with Gasteiger partial charge in [-0.2, -0.15) is 0 Å². The first kappa shape index (κ1) is 20.0. The van der Waals surface area contributed by atoms with E-state index in [-0.39, 0.29) is 12.0 Å². The summed E-state index contributed by atoms with van der Waals surface area (Å²) in [6.07, 6.45) is 2.08. The molecule has 1 atom stereocenters. The molecule has 4 rings (SSSR count). The first-order valence-electron chi connectivity index (χ1n) is 10.1. The van der Waals surface area contributed by atoms with E-state index < -0.39 is 0 Å². The number of aryl methyl sites for hydroxylation is 3. The van der Waals surface area contributed by atoms with Crippen LogP contribution >= 0.6 is 11.6 Å². The van der Waals surface area contributed by atoms with Crippen LogP contribution in [0.25, 0.3) is 11.0 Å². The third kappa shape index (κ3) is 4.05. The van der Waals surface area contributed by atoms with Crippen molar-refractivity contribution in [3.8, 4) is 0 Å². The maximum absolute atomic E-state index is 13.5. The fourth-order valence-electron chi connectivity index (χ4n) is 3.93. The van der Waals surface area contributed by atoms with Crippen molar-refractivity contribution in [1.29, 1.82) is 0 Å². The largest absolute Gasteiger partial charge is 0.450 e. The topological polar surface area (TPSA) is 42.7 Å². The first-order chi connectivity index (χ1) is 13.9. The number of hydrogen-bond acceptors (Lipinski definition) is 3. The maximum Gasteiger partial charge on any atom is 0.290 e. The predicted molar refractivity (Wildman–Crippen MR) is 116 cm³/mol. The van der Waals surface area contributed by atoms with Gasteiger partial charge in [0.15, 0.2) is 5.76 Å². The van der Waals surface area contributed by atoms with Crippen molar-refractivity contribution in [3.05, 3.63) is 69.4 Å². The molecule has 29 heavy (non-hydrogen) atoms. The SMILES string of the molecule is Cc1ccc2c(C)c(C(=O)N(Cc3ccc(Cl)cc3)CC3CCCO3)oc2c1C. The summed E-state index contributed by atoms with van der Waals surface area (Å²) in [6.45, 7) is 7.85. The number of carbonyl (C=O) groups excluding carboxylic acids is 1. The van der Waals surface area contributed by atoms with E-state index in [9.17, 15) is 4.79 Å². The van der Waals surface area contributed by atoms with Gasteiger partial charge in [-0.05, 0) is 62.4 Å². The highest BCUT2D eigenvalue weighted by Gasteiger charge is 2.28. The molecule has 0 bridgehead atoms. The average molecular weight is 412 g/mol. The van der Waals surface area contributed by atoms with Crippen molar-refractivity contribution in [3.63, 3.8) is 0 Å². The minimum Gasteiger partial charge on any atom is -0.450 e. The minimum absolute atomic E-state index is 0.0694. The molecular weight excluding hydrogens is 386 g/mol. The van der Waals surface area contributed by atoms with Crippen LogP contribution in [0, 0.1) is 20.8 Å². The number of ether oxygens (including phenoxy) is 1. The molecule has 1 fully saturated rings. The van der Waals surface area contributed by atoms with Crippen molar-refractivity contribution < 1.29 is 13.9 Å². The maximum atomic E-state index is 13.5. The molecule has 0 saturated carbocycles. The van der Waals surface area contributed by atoms with E-state index in [0.717, 1.165) is 52.7 Å². The Bertz CT molecular complexity index is 1030. The van der Waals surface area contributed by atoms with Gasteiger partial charge in [-0.15, -0.1) is 0 Å². The van der Waals surface area contributed by atoms with Crippen LogP contribution in [-0.4, -0.2) is 30.1 Å². The van der Waals surface area contributed by atoms with Gasteiger partial charge in [-0.3, -0.25) is 4.79 Å². The van der Waals surface area contributed by atoms with Crippen molar-refractivity contribution in [2.24, 2.45) is 0 Å². The highest BCUT2D eigenvalue weighted by Crippen LogP contribution is 2.31. The van der Waals surface area contributed by atoms with Crippen molar-refractivity contribution in [2.75, 3.05) is 13.2 Å². The lowest BCUT2D eigenvalue weighted by molar-refractivity contribution is 0.0485. The van der Waals surface area contributed by atoms with Crippen LogP contribution in [0.3, 0.4) is 0 Å². The number of furan rings is 1.